The highest BCUT2D eigenvalue weighted by Crippen LogP contribution is 2.22. The average molecular weight is 374 g/mol. The highest BCUT2D eigenvalue weighted by atomic mass is 32.1. The summed E-state index contributed by atoms with van der Waals surface area (Å²) in [4.78, 5) is 37.3. The fraction of sp³-hybridized carbons (Fsp3) is 0.500. The van der Waals surface area contributed by atoms with E-state index in [0.717, 1.165) is 0 Å². The Bertz CT molecular complexity index is 854. The Morgan fingerprint density at radius 3 is 2.81 bits per heavy atom. The van der Waals surface area contributed by atoms with Gasteiger partial charge in [0, 0.05) is 25.2 Å². The standard InChI is InChI=1S/C18H22N4O3S/c1-11-8-22(9-12(2)25-11)18-19-14-10-21(6-5-13(14)16(23)20-18)17(24)15-4-3-7-26-15/h3-4,7,11-12H,5-6,8-10H2,1-2H3,(H,19,20,23)/t11-,12+. The molecule has 0 spiro atoms. The molecule has 1 saturated heterocycles. The fourth-order valence-electron chi connectivity index (χ4n) is 3.66. The van der Waals surface area contributed by atoms with Crippen molar-refractivity contribution < 1.29 is 9.53 Å². The van der Waals surface area contributed by atoms with Crippen molar-refractivity contribution in [1.29, 1.82) is 0 Å². The van der Waals surface area contributed by atoms with Crippen molar-refractivity contribution >= 4 is 23.2 Å². The third-order valence-corrected chi connectivity index (χ3v) is 5.66. The molecule has 1 N–H and O–H groups in total. The molecule has 1 fully saturated rings. The van der Waals surface area contributed by atoms with Crippen molar-refractivity contribution in [2.45, 2.75) is 39.0 Å². The van der Waals surface area contributed by atoms with Crippen molar-refractivity contribution in [3.63, 3.8) is 0 Å². The van der Waals surface area contributed by atoms with Gasteiger partial charge >= 0.3 is 0 Å². The molecule has 4 heterocycles. The molecule has 2 aromatic rings. The van der Waals surface area contributed by atoms with E-state index in [-0.39, 0.29) is 23.7 Å². The maximum atomic E-state index is 12.6. The van der Waals surface area contributed by atoms with Gasteiger partial charge < -0.3 is 14.5 Å². The molecule has 2 atom stereocenters. The molecule has 26 heavy (non-hydrogen) atoms. The normalized spacial score (nSPS) is 23.0. The highest BCUT2D eigenvalue weighted by Gasteiger charge is 2.28. The van der Waals surface area contributed by atoms with Crippen LogP contribution in [0.1, 0.15) is 34.8 Å². The number of anilines is 1. The summed E-state index contributed by atoms with van der Waals surface area (Å²) in [5.41, 5.74) is 1.30. The Kier molecular flexibility index (Phi) is 4.54. The lowest BCUT2D eigenvalue weighted by molar-refractivity contribution is -0.00575. The largest absolute Gasteiger partial charge is 0.372 e. The third kappa shape index (κ3) is 3.26. The summed E-state index contributed by atoms with van der Waals surface area (Å²) >= 11 is 1.43. The van der Waals surface area contributed by atoms with E-state index >= 15 is 0 Å². The maximum Gasteiger partial charge on any atom is 0.264 e. The Balaban J connectivity index is 1.60. The smallest absolute Gasteiger partial charge is 0.264 e. The molecule has 8 heteroatoms. The van der Waals surface area contributed by atoms with Crippen molar-refractivity contribution in [2.75, 3.05) is 24.5 Å². The lowest BCUT2D eigenvalue weighted by atomic mass is 10.1. The van der Waals surface area contributed by atoms with E-state index < -0.39 is 0 Å². The molecular formula is C18H22N4O3S. The van der Waals surface area contributed by atoms with E-state index in [2.05, 4.69) is 9.88 Å². The first-order chi connectivity index (χ1) is 12.5. The second kappa shape index (κ2) is 6.85. The lowest BCUT2D eigenvalue weighted by Crippen LogP contribution is -2.47. The Morgan fingerprint density at radius 1 is 1.35 bits per heavy atom. The summed E-state index contributed by atoms with van der Waals surface area (Å²) in [7, 11) is 0. The van der Waals surface area contributed by atoms with E-state index in [1.807, 2.05) is 31.4 Å². The first-order valence-corrected chi connectivity index (χ1v) is 9.74. The van der Waals surface area contributed by atoms with Crippen LogP contribution in [0.5, 0.6) is 0 Å². The monoisotopic (exact) mass is 374 g/mol. The van der Waals surface area contributed by atoms with Gasteiger partial charge in [0.2, 0.25) is 5.95 Å². The molecule has 2 aliphatic heterocycles. The Labute approximate surface area is 155 Å². The van der Waals surface area contributed by atoms with Crippen LogP contribution in [0.4, 0.5) is 5.95 Å². The number of aromatic amines is 1. The predicted octanol–water partition coefficient (Wildman–Crippen LogP) is 1.64. The molecular weight excluding hydrogens is 352 g/mol. The van der Waals surface area contributed by atoms with Crippen molar-refractivity contribution in [3.05, 3.63) is 44.0 Å². The molecule has 0 saturated carbocycles. The summed E-state index contributed by atoms with van der Waals surface area (Å²) < 4.78 is 5.76. The van der Waals surface area contributed by atoms with Gasteiger partial charge in [-0.2, -0.15) is 0 Å². The van der Waals surface area contributed by atoms with Crippen molar-refractivity contribution in [1.82, 2.24) is 14.9 Å². The van der Waals surface area contributed by atoms with Crippen LogP contribution < -0.4 is 10.5 Å². The second-order valence-corrected chi connectivity index (χ2v) is 7.88. The summed E-state index contributed by atoms with van der Waals surface area (Å²) in [5.74, 6) is 0.573. The molecule has 0 aliphatic carbocycles. The zero-order chi connectivity index (χ0) is 18.3. The predicted molar refractivity (Wildman–Crippen MR) is 99.8 cm³/mol. The highest BCUT2D eigenvalue weighted by molar-refractivity contribution is 7.12. The summed E-state index contributed by atoms with van der Waals surface area (Å²) in [6.45, 7) is 6.31. The fourth-order valence-corrected chi connectivity index (χ4v) is 4.35. The number of hydrogen-bond donors (Lipinski definition) is 1. The molecule has 1 amide bonds. The number of carbonyl (C=O) groups is 1. The van der Waals surface area contributed by atoms with Gasteiger partial charge in [0.05, 0.1) is 29.3 Å². The molecule has 4 rings (SSSR count). The number of carbonyl (C=O) groups excluding carboxylic acids is 1. The van der Waals surface area contributed by atoms with Crippen LogP contribution in [-0.2, 0) is 17.7 Å². The lowest BCUT2D eigenvalue weighted by Gasteiger charge is -2.36. The molecule has 2 aliphatic rings. The number of amides is 1. The zero-order valence-corrected chi connectivity index (χ0v) is 15.7. The maximum absolute atomic E-state index is 12.6. The number of nitrogens with one attached hydrogen (secondary N) is 1. The van der Waals surface area contributed by atoms with Gasteiger partial charge in [-0.15, -0.1) is 11.3 Å². The number of thiophene rings is 1. The van der Waals surface area contributed by atoms with Crippen molar-refractivity contribution in [2.24, 2.45) is 0 Å². The summed E-state index contributed by atoms with van der Waals surface area (Å²) in [5, 5.41) is 1.90. The number of rotatable bonds is 2. The number of ether oxygens (including phenoxy) is 1. The van der Waals surface area contributed by atoms with Crippen LogP contribution >= 0.6 is 11.3 Å². The number of morpholine rings is 1. The minimum atomic E-state index is -0.0972. The molecule has 0 bridgehead atoms. The number of hydrogen-bond acceptors (Lipinski definition) is 6. The SMILES string of the molecule is C[C@@H]1CN(c2nc3c(c(=O)[nH]2)CCN(C(=O)c2cccs2)C3)C[C@H](C)O1. The molecule has 7 nitrogen and oxygen atoms in total. The van der Waals surface area contributed by atoms with Gasteiger partial charge in [-0.25, -0.2) is 4.98 Å². The van der Waals surface area contributed by atoms with Gasteiger partial charge in [-0.3, -0.25) is 14.6 Å². The van der Waals surface area contributed by atoms with Gasteiger partial charge in [0.15, 0.2) is 0 Å². The topological polar surface area (TPSA) is 78.5 Å². The number of fused-ring (bicyclic) bond motifs is 1. The number of nitrogens with zero attached hydrogens (tertiary/aromatic N) is 3. The van der Waals surface area contributed by atoms with Crippen LogP contribution in [0.3, 0.4) is 0 Å². The van der Waals surface area contributed by atoms with Crippen LogP contribution in [0.25, 0.3) is 0 Å². The first-order valence-electron chi connectivity index (χ1n) is 8.86. The first kappa shape index (κ1) is 17.2. The van der Waals surface area contributed by atoms with E-state index in [1.165, 1.54) is 11.3 Å². The van der Waals surface area contributed by atoms with Crippen LogP contribution in [0.15, 0.2) is 22.3 Å². The Morgan fingerprint density at radius 2 is 2.12 bits per heavy atom. The minimum absolute atomic E-state index is 0.00268. The Hall–Kier alpha value is -2.19. The molecule has 0 unspecified atom stereocenters. The molecule has 0 aromatic carbocycles. The van der Waals surface area contributed by atoms with E-state index in [9.17, 15) is 9.59 Å². The van der Waals surface area contributed by atoms with E-state index in [0.29, 0.717) is 54.7 Å². The molecule has 0 radical (unpaired) electrons. The van der Waals surface area contributed by atoms with Gasteiger partial charge in [0.1, 0.15) is 0 Å². The van der Waals surface area contributed by atoms with Gasteiger partial charge in [-0.05, 0) is 31.7 Å². The summed E-state index contributed by atoms with van der Waals surface area (Å²) in [6, 6.07) is 3.70. The average Bonchev–Trinajstić information content (AvgIpc) is 3.14. The van der Waals surface area contributed by atoms with Crippen LogP contribution in [-0.4, -0.2) is 52.6 Å². The third-order valence-electron chi connectivity index (χ3n) is 4.80. The van der Waals surface area contributed by atoms with Crippen molar-refractivity contribution in [3.8, 4) is 0 Å². The molecule has 2 aromatic heterocycles. The summed E-state index contributed by atoms with van der Waals surface area (Å²) in [6.07, 6.45) is 0.694. The molecule has 138 valence electrons. The number of H-pyrrole nitrogens is 1. The van der Waals surface area contributed by atoms with Crippen LogP contribution in [0, 0.1) is 0 Å². The number of aromatic nitrogens is 2. The van der Waals surface area contributed by atoms with E-state index in [1.54, 1.807) is 4.90 Å². The van der Waals surface area contributed by atoms with E-state index in [4.69, 9.17) is 9.72 Å². The van der Waals surface area contributed by atoms with Gasteiger partial charge in [0.25, 0.3) is 11.5 Å². The minimum Gasteiger partial charge on any atom is -0.372 e. The zero-order valence-electron chi connectivity index (χ0n) is 14.9. The van der Waals surface area contributed by atoms with Gasteiger partial charge in [-0.1, -0.05) is 6.07 Å². The second-order valence-electron chi connectivity index (χ2n) is 6.93. The quantitative estimate of drug-likeness (QED) is 0.865. The van der Waals surface area contributed by atoms with Crippen LogP contribution in [0.2, 0.25) is 0 Å².